The minimum atomic E-state index is -0.669. The molecule has 5 heteroatoms. The zero-order chi connectivity index (χ0) is 14.4. The molecule has 0 heterocycles. The van der Waals surface area contributed by atoms with E-state index >= 15 is 0 Å². The van der Waals surface area contributed by atoms with Gasteiger partial charge in [0.1, 0.15) is 18.2 Å². The number of anilines is 1. The van der Waals surface area contributed by atoms with Crippen molar-refractivity contribution in [3.8, 4) is 5.75 Å². The van der Waals surface area contributed by atoms with E-state index in [1.165, 1.54) is 17.8 Å². The fraction of sp³-hybridized carbons (Fsp3) is 0.200. The number of hydrogen-bond acceptors (Lipinski definition) is 4. The third-order valence-electron chi connectivity index (χ3n) is 2.59. The highest BCUT2D eigenvalue weighted by molar-refractivity contribution is 7.99. The molecule has 20 heavy (non-hydrogen) atoms. The Labute approximate surface area is 121 Å². The van der Waals surface area contributed by atoms with E-state index in [2.05, 4.69) is 0 Å². The highest BCUT2D eigenvalue weighted by Crippen LogP contribution is 2.22. The lowest BCUT2D eigenvalue weighted by molar-refractivity contribution is 0.126. The molecule has 0 aliphatic heterocycles. The first kappa shape index (κ1) is 14.7. The highest BCUT2D eigenvalue weighted by Gasteiger charge is 2.08. The average molecular weight is 293 g/mol. The zero-order valence-electron chi connectivity index (χ0n) is 10.8. The molecule has 0 bridgehead atoms. The van der Waals surface area contributed by atoms with E-state index in [-0.39, 0.29) is 12.4 Å². The van der Waals surface area contributed by atoms with Gasteiger partial charge in [-0.1, -0.05) is 12.1 Å². The van der Waals surface area contributed by atoms with E-state index in [4.69, 9.17) is 10.5 Å². The summed E-state index contributed by atoms with van der Waals surface area (Å²) in [4.78, 5) is 0.527. The first-order valence-corrected chi connectivity index (χ1v) is 7.17. The molecular formula is C15H16FNO2S. The van der Waals surface area contributed by atoms with Crippen LogP contribution in [-0.2, 0) is 0 Å². The van der Waals surface area contributed by atoms with E-state index < -0.39 is 6.10 Å². The molecule has 106 valence electrons. The summed E-state index contributed by atoms with van der Waals surface area (Å²) >= 11 is 1.27. The van der Waals surface area contributed by atoms with Crippen molar-refractivity contribution in [2.24, 2.45) is 0 Å². The van der Waals surface area contributed by atoms with Crippen LogP contribution in [0.2, 0.25) is 0 Å². The van der Waals surface area contributed by atoms with Crippen molar-refractivity contribution in [2.75, 3.05) is 18.1 Å². The molecule has 2 aromatic rings. The number of halogens is 1. The second-order valence-electron chi connectivity index (χ2n) is 4.28. The number of hydrogen-bond donors (Lipinski definition) is 2. The second-order valence-corrected chi connectivity index (χ2v) is 5.34. The maximum atomic E-state index is 13.4. The molecule has 1 atom stereocenters. The second kappa shape index (κ2) is 7.17. The number of ether oxygens (including phenoxy) is 1. The lowest BCUT2D eigenvalue weighted by atomic mass is 10.3. The Morgan fingerprint density at radius 2 is 1.85 bits per heavy atom. The Kier molecular flexibility index (Phi) is 5.26. The van der Waals surface area contributed by atoms with Crippen molar-refractivity contribution in [2.45, 2.75) is 11.0 Å². The Hall–Kier alpha value is -1.72. The molecule has 0 amide bonds. The van der Waals surface area contributed by atoms with E-state index in [0.29, 0.717) is 22.1 Å². The van der Waals surface area contributed by atoms with Crippen molar-refractivity contribution in [3.05, 3.63) is 54.3 Å². The number of aliphatic hydroxyl groups is 1. The average Bonchev–Trinajstić information content (AvgIpc) is 2.46. The normalized spacial score (nSPS) is 12.1. The lowest BCUT2D eigenvalue weighted by Crippen LogP contribution is -2.20. The third-order valence-corrected chi connectivity index (χ3v) is 3.78. The molecule has 2 aromatic carbocycles. The number of nitrogen functional groups attached to an aromatic ring is 1. The van der Waals surface area contributed by atoms with Crippen LogP contribution in [0.15, 0.2) is 53.4 Å². The molecule has 0 spiro atoms. The van der Waals surface area contributed by atoms with Crippen molar-refractivity contribution < 1.29 is 14.2 Å². The molecule has 0 aromatic heterocycles. The maximum absolute atomic E-state index is 13.4. The van der Waals surface area contributed by atoms with Gasteiger partial charge >= 0.3 is 0 Å². The highest BCUT2D eigenvalue weighted by atomic mass is 32.2. The van der Waals surface area contributed by atoms with E-state index in [0.717, 1.165) is 0 Å². The van der Waals surface area contributed by atoms with Gasteiger partial charge in [0, 0.05) is 16.3 Å². The zero-order valence-corrected chi connectivity index (χ0v) is 11.6. The molecule has 0 fully saturated rings. The van der Waals surface area contributed by atoms with Crippen molar-refractivity contribution in [1.82, 2.24) is 0 Å². The van der Waals surface area contributed by atoms with Gasteiger partial charge in [-0.3, -0.25) is 0 Å². The van der Waals surface area contributed by atoms with Gasteiger partial charge < -0.3 is 15.6 Å². The minimum absolute atomic E-state index is 0.158. The monoisotopic (exact) mass is 293 g/mol. The summed E-state index contributed by atoms with van der Waals surface area (Å²) < 4.78 is 18.8. The van der Waals surface area contributed by atoms with E-state index in [1.807, 2.05) is 0 Å². The van der Waals surface area contributed by atoms with Crippen LogP contribution in [0, 0.1) is 5.82 Å². The molecule has 3 nitrogen and oxygen atoms in total. The van der Waals surface area contributed by atoms with E-state index in [9.17, 15) is 9.50 Å². The third kappa shape index (κ3) is 4.43. The topological polar surface area (TPSA) is 55.5 Å². The van der Waals surface area contributed by atoms with Crippen LogP contribution in [0.3, 0.4) is 0 Å². The van der Waals surface area contributed by atoms with Crippen molar-refractivity contribution in [3.63, 3.8) is 0 Å². The van der Waals surface area contributed by atoms with Crippen molar-refractivity contribution >= 4 is 17.4 Å². The fourth-order valence-corrected chi connectivity index (χ4v) is 2.40. The van der Waals surface area contributed by atoms with Crippen LogP contribution >= 0.6 is 11.8 Å². The molecule has 0 radical (unpaired) electrons. The molecule has 0 aliphatic rings. The van der Waals surface area contributed by atoms with Gasteiger partial charge in [-0.25, -0.2) is 4.39 Å². The van der Waals surface area contributed by atoms with Gasteiger partial charge in [0.15, 0.2) is 0 Å². The predicted octanol–water partition coefficient (Wildman–Crippen LogP) is 2.94. The molecule has 0 aliphatic carbocycles. The first-order valence-electron chi connectivity index (χ1n) is 6.19. The fourth-order valence-electron chi connectivity index (χ4n) is 1.55. The summed E-state index contributed by atoms with van der Waals surface area (Å²) in [5.74, 6) is 0.744. The van der Waals surface area contributed by atoms with Crippen LogP contribution in [0.5, 0.6) is 5.75 Å². The Balaban J connectivity index is 1.77. The summed E-state index contributed by atoms with van der Waals surface area (Å²) in [6.45, 7) is 0.158. The Morgan fingerprint density at radius 3 is 2.55 bits per heavy atom. The SMILES string of the molecule is Nc1ccc(OCC(O)CSc2ccccc2F)cc1. The smallest absolute Gasteiger partial charge is 0.136 e. The lowest BCUT2D eigenvalue weighted by Gasteiger charge is -2.12. The maximum Gasteiger partial charge on any atom is 0.136 e. The molecule has 2 rings (SSSR count). The van der Waals surface area contributed by atoms with Gasteiger partial charge in [-0.05, 0) is 36.4 Å². The minimum Gasteiger partial charge on any atom is -0.491 e. The van der Waals surface area contributed by atoms with Crippen LogP contribution in [0.25, 0.3) is 0 Å². The summed E-state index contributed by atoms with van der Waals surface area (Å²) in [6, 6.07) is 13.4. The summed E-state index contributed by atoms with van der Waals surface area (Å²) in [5, 5.41) is 9.82. The van der Waals surface area contributed by atoms with Crippen LogP contribution in [0.1, 0.15) is 0 Å². The largest absolute Gasteiger partial charge is 0.491 e. The van der Waals surface area contributed by atoms with Gasteiger partial charge in [0.05, 0.1) is 6.10 Å². The molecule has 3 N–H and O–H groups in total. The predicted molar refractivity (Wildman–Crippen MR) is 79.5 cm³/mol. The van der Waals surface area contributed by atoms with Crippen LogP contribution in [0.4, 0.5) is 10.1 Å². The van der Waals surface area contributed by atoms with Crippen LogP contribution in [-0.4, -0.2) is 23.6 Å². The molecule has 0 saturated heterocycles. The number of rotatable bonds is 6. The van der Waals surface area contributed by atoms with Crippen LogP contribution < -0.4 is 10.5 Å². The summed E-state index contributed by atoms with van der Waals surface area (Å²) in [7, 11) is 0. The molecular weight excluding hydrogens is 277 g/mol. The number of aliphatic hydroxyl groups excluding tert-OH is 1. The van der Waals surface area contributed by atoms with Gasteiger partial charge in [-0.15, -0.1) is 11.8 Å². The molecule has 0 saturated carbocycles. The number of nitrogens with two attached hydrogens (primary N) is 1. The number of thioether (sulfide) groups is 1. The van der Waals surface area contributed by atoms with Gasteiger partial charge in [0.2, 0.25) is 0 Å². The molecule has 1 unspecified atom stereocenters. The number of benzene rings is 2. The van der Waals surface area contributed by atoms with Crippen molar-refractivity contribution in [1.29, 1.82) is 0 Å². The van der Waals surface area contributed by atoms with Gasteiger partial charge in [0.25, 0.3) is 0 Å². The Morgan fingerprint density at radius 1 is 1.15 bits per heavy atom. The first-order chi connectivity index (χ1) is 9.65. The standard InChI is InChI=1S/C15H16FNO2S/c16-14-3-1-2-4-15(14)20-10-12(18)9-19-13-7-5-11(17)6-8-13/h1-8,12,18H,9-10,17H2. The quantitative estimate of drug-likeness (QED) is 0.635. The summed E-state index contributed by atoms with van der Waals surface area (Å²) in [5.41, 5.74) is 6.23. The van der Waals surface area contributed by atoms with Gasteiger partial charge in [-0.2, -0.15) is 0 Å². The Bertz CT molecular complexity index is 548. The van der Waals surface area contributed by atoms with E-state index in [1.54, 1.807) is 42.5 Å². The summed E-state index contributed by atoms with van der Waals surface area (Å²) in [6.07, 6.45) is -0.669.